The lowest BCUT2D eigenvalue weighted by atomic mass is 9.91. The van der Waals surface area contributed by atoms with Crippen LogP contribution in [0.1, 0.15) is 25.8 Å². The summed E-state index contributed by atoms with van der Waals surface area (Å²) in [5.41, 5.74) is 0.195. The Balaban J connectivity index is 2.89. The fourth-order valence-corrected chi connectivity index (χ4v) is 1.94. The number of halogens is 1. The molecular weight excluding hydrogens is 254 g/mol. The van der Waals surface area contributed by atoms with Crippen LogP contribution in [0.3, 0.4) is 0 Å². The average molecular weight is 272 g/mol. The van der Waals surface area contributed by atoms with Gasteiger partial charge in [-0.3, -0.25) is 0 Å². The van der Waals surface area contributed by atoms with Gasteiger partial charge in [0.2, 0.25) is 0 Å². The van der Waals surface area contributed by atoms with Crippen LogP contribution in [0, 0.1) is 0 Å². The first kappa shape index (κ1) is 12.7. The molecule has 0 aliphatic carbocycles. The first-order chi connectivity index (χ1) is 7.12. The van der Waals surface area contributed by atoms with Crippen molar-refractivity contribution in [1.29, 1.82) is 0 Å². The molecule has 1 atom stereocenters. The Labute approximate surface area is 99.8 Å². The van der Waals surface area contributed by atoms with Gasteiger partial charge in [-0.1, -0.05) is 41.9 Å². The van der Waals surface area contributed by atoms with Crippen LogP contribution in [-0.4, -0.2) is 18.2 Å². The molecule has 0 spiro atoms. The van der Waals surface area contributed by atoms with Gasteiger partial charge in [-0.25, -0.2) is 0 Å². The van der Waals surface area contributed by atoms with E-state index < -0.39 is 5.60 Å². The maximum absolute atomic E-state index is 10.5. The van der Waals surface area contributed by atoms with E-state index in [1.165, 1.54) is 0 Å². The quantitative estimate of drug-likeness (QED) is 0.863. The number of aliphatic hydroxyl groups is 1. The largest absolute Gasteiger partial charge is 0.384 e. The highest BCUT2D eigenvalue weighted by atomic mass is 79.9. The molecule has 0 saturated carbocycles. The number of rotatable bonds is 5. The van der Waals surface area contributed by atoms with E-state index in [1.807, 2.05) is 38.1 Å². The molecule has 2 nitrogen and oxygen atoms in total. The van der Waals surface area contributed by atoms with Gasteiger partial charge in [-0.15, -0.1) is 0 Å². The molecule has 0 aromatic heterocycles. The van der Waals surface area contributed by atoms with Crippen molar-refractivity contribution in [3.8, 4) is 0 Å². The Hall–Kier alpha value is -0.380. The minimum atomic E-state index is -0.764. The zero-order valence-corrected chi connectivity index (χ0v) is 10.8. The van der Waals surface area contributed by atoms with Crippen LogP contribution >= 0.6 is 15.9 Å². The van der Waals surface area contributed by atoms with Gasteiger partial charge in [0, 0.05) is 11.0 Å². The van der Waals surface area contributed by atoms with Gasteiger partial charge in [-0.2, -0.15) is 0 Å². The molecule has 1 rings (SSSR count). The molecule has 0 radical (unpaired) electrons. The molecule has 0 saturated heterocycles. The second kappa shape index (κ2) is 5.64. The molecule has 0 aliphatic heterocycles. The molecular formula is C12H18BrNO. The molecule has 0 heterocycles. The van der Waals surface area contributed by atoms with Crippen molar-refractivity contribution in [2.24, 2.45) is 0 Å². The molecule has 0 aliphatic rings. The topological polar surface area (TPSA) is 32.3 Å². The lowest BCUT2D eigenvalue weighted by Crippen LogP contribution is -2.37. The van der Waals surface area contributed by atoms with Crippen molar-refractivity contribution < 1.29 is 5.11 Å². The normalized spacial score (nSPS) is 14.9. The van der Waals surface area contributed by atoms with Crippen LogP contribution in [0.4, 0.5) is 0 Å². The van der Waals surface area contributed by atoms with Crippen molar-refractivity contribution >= 4 is 15.9 Å². The molecule has 2 N–H and O–H groups in total. The molecule has 3 heteroatoms. The zero-order valence-electron chi connectivity index (χ0n) is 9.26. The average Bonchev–Trinajstić information content (AvgIpc) is 2.26. The smallest absolute Gasteiger partial charge is 0.102 e. The Kier molecular flexibility index (Phi) is 4.77. The van der Waals surface area contributed by atoms with Crippen molar-refractivity contribution in [2.45, 2.75) is 25.9 Å². The van der Waals surface area contributed by atoms with Gasteiger partial charge in [-0.05, 0) is 30.7 Å². The van der Waals surface area contributed by atoms with Gasteiger partial charge in [0.05, 0.1) is 0 Å². The second-order valence-corrected chi connectivity index (χ2v) is 4.59. The van der Waals surface area contributed by atoms with Crippen LogP contribution in [0.25, 0.3) is 0 Å². The minimum Gasteiger partial charge on any atom is -0.384 e. The van der Waals surface area contributed by atoms with E-state index in [9.17, 15) is 5.11 Å². The summed E-state index contributed by atoms with van der Waals surface area (Å²) in [7, 11) is 0. The van der Waals surface area contributed by atoms with Crippen molar-refractivity contribution in [2.75, 3.05) is 13.1 Å². The fraction of sp³-hybridized carbons (Fsp3) is 0.500. The van der Waals surface area contributed by atoms with E-state index in [2.05, 4.69) is 21.2 Å². The van der Waals surface area contributed by atoms with Crippen LogP contribution < -0.4 is 5.32 Å². The standard InChI is InChI=1S/C12H18BrNO/c1-3-12(15,9-14-4-2)10-6-5-7-11(13)8-10/h5-8,14-15H,3-4,9H2,1-2H3. The summed E-state index contributed by atoms with van der Waals surface area (Å²) in [6, 6.07) is 7.85. The summed E-state index contributed by atoms with van der Waals surface area (Å²) >= 11 is 3.42. The van der Waals surface area contributed by atoms with E-state index >= 15 is 0 Å². The third-order valence-electron chi connectivity index (χ3n) is 2.61. The molecule has 84 valence electrons. The van der Waals surface area contributed by atoms with Gasteiger partial charge < -0.3 is 10.4 Å². The third kappa shape index (κ3) is 3.30. The summed E-state index contributed by atoms with van der Waals surface area (Å²) in [5.74, 6) is 0. The van der Waals surface area contributed by atoms with E-state index in [0.717, 1.165) is 16.6 Å². The van der Waals surface area contributed by atoms with Crippen LogP contribution in [0.5, 0.6) is 0 Å². The second-order valence-electron chi connectivity index (χ2n) is 3.68. The molecule has 1 aromatic rings. The van der Waals surface area contributed by atoms with Crippen LogP contribution in [0.2, 0.25) is 0 Å². The number of likely N-dealkylation sites (N-methyl/N-ethyl adjacent to an activating group) is 1. The van der Waals surface area contributed by atoms with E-state index in [-0.39, 0.29) is 0 Å². The molecule has 1 unspecified atom stereocenters. The first-order valence-electron chi connectivity index (χ1n) is 5.31. The van der Waals surface area contributed by atoms with Crippen molar-refractivity contribution in [3.63, 3.8) is 0 Å². The summed E-state index contributed by atoms with van der Waals surface area (Å²) in [5, 5.41) is 13.7. The predicted octanol–water partition coefficient (Wildman–Crippen LogP) is 2.66. The summed E-state index contributed by atoms with van der Waals surface area (Å²) in [6.07, 6.45) is 0.705. The zero-order chi connectivity index (χ0) is 11.3. The fourth-order valence-electron chi connectivity index (χ4n) is 1.54. The van der Waals surface area contributed by atoms with Crippen molar-refractivity contribution in [1.82, 2.24) is 5.32 Å². The van der Waals surface area contributed by atoms with Gasteiger partial charge in [0.15, 0.2) is 0 Å². The van der Waals surface area contributed by atoms with Gasteiger partial charge >= 0.3 is 0 Å². The highest BCUT2D eigenvalue weighted by Crippen LogP contribution is 2.26. The third-order valence-corrected chi connectivity index (χ3v) is 3.11. The van der Waals surface area contributed by atoms with Crippen LogP contribution in [0.15, 0.2) is 28.7 Å². The lowest BCUT2D eigenvalue weighted by Gasteiger charge is -2.27. The summed E-state index contributed by atoms with van der Waals surface area (Å²) in [6.45, 7) is 5.50. The van der Waals surface area contributed by atoms with Gasteiger partial charge in [0.1, 0.15) is 5.60 Å². The monoisotopic (exact) mass is 271 g/mol. The number of hydrogen-bond donors (Lipinski definition) is 2. The van der Waals surface area contributed by atoms with E-state index in [4.69, 9.17) is 0 Å². The Morgan fingerprint density at radius 3 is 2.67 bits per heavy atom. The maximum atomic E-state index is 10.5. The summed E-state index contributed by atoms with van der Waals surface area (Å²) in [4.78, 5) is 0. The first-order valence-corrected chi connectivity index (χ1v) is 6.11. The highest BCUT2D eigenvalue weighted by Gasteiger charge is 2.26. The van der Waals surface area contributed by atoms with Gasteiger partial charge in [0.25, 0.3) is 0 Å². The Morgan fingerprint density at radius 1 is 1.40 bits per heavy atom. The lowest BCUT2D eigenvalue weighted by molar-refractivity contribution is 0.0332. The SMILES string of the molecule is CCNCC(O)(CC)c1cccc(Br)c1. The predicted molar refractivity (Wildman–Crippen MR) is 66.9 cm³/mol. The molecule has 1 aromatic carbocycles. The molecule has 0 bridgehead atoms. The highest BCUT2D eigenvalue weighted by molar-refractivity contribution is 9.10. The van der Waals surface area contributed by atoms with Crippen molar-refractivity contribution in [3.05, 3.63) is 34.3 Å². The Morgan fingerprint density at radius 2 is 2.13 bits per heavy atom. The molecule has 0 amide bonds. The number of nitrogens with one attached hydrogen (secondary N) is 1. The Bertz CT molecular complexity index is 316. The maximum Gasteiger partial charge on any atom is 0.102 e. The van der Waals surface area contributed by atoms with Crippen LogP contribution in [-0.2, 0) is 5.60 Å². The molecule has 15 heavy (non-hydrogen) atoms. The van der Waals surface area contributed by atoms with E-state index in [1.54, 1.807) is 0 Å². The minimum absolute atomic E-state index is 0.594. The van der Waals surface area contributed by atoms with E-state index in [0.29, 0.717) is 13.0 Å². The molecule has 0 fully saturated rings. The number of benzene rings is 1. The number of hydrogen-bond acceptors (Lipinski definition) is 2. The summed E-state index contributed by atoms with van der Waals surface area (Å²) < 4.78 is 1.00.